The summed E-state index contributed by atoms with van der Waals surface area (Å²) in [6.07, 6.45) is 4.97. The van der Waals surface area contributed by atoms with Crippen LogP contribution in [-0.4, -0.2) is 32.7 Å². The number of nitrogens with two attached hydrogens (primary N) is 1. The highest BCUT2D eigenvalue weighted by Crippen LogP contribution is 2.28. The number of hydrogen-bond donors (Lipinski definition) is 2. The van der Waals surface area contributed by atoms with Crippen LogP contribution in [0.15, 0.2) is 18.2 Å². The van der Waals surface area contributed by atoms with Crippen molar-refractivity contribution in [3.05, 3.63) is 23.8 Å². The predicted molar refractivity (Wildman–Crippen MR) is 88.4 cm³/mol. The van der Waals surface area contributed by atoms with Crippen molar-refractivity contribution < 1.29 is 14.3 Å². The Bertz CT molecular complexity index is 450. The molecule has 0 aliphatic heterocycles. The maximum atomic E-state index is 11.9. The van der Waals surface area contributed by atoms with Gasteiger partial charge in [-0.05, 0) is 24.1 Å². The first kappa shape index (κ1) is 18.3. The highest BCUT2D eigenvalue weighted by Gasteiger charge is 2.08. The second-order valence-electron chi connectivity index (χ2n) is 5.21. The molecular weight excluding hydrogens is 280 g/mol. The van der Waals surface area contributed by atoms with Crippen LogP contribution in [-0.2, 0) is 11.2 Å². The number of amides is 1. The summed E-state index contributed by atoms with van der Waals surface area (Å²) < 4.78 is 10.8. The van der Waals surface area contributed by atoms with Gasteiger partial charge in [0.1, 0.15) is 6.61 Å². The average molecular weight is 308 g/mol. The molecule has 0 unspecified atom stereocenters. The topological polar surface area (TPSA) is 73.6 Å². The summed E-state index contributed by atoms with van der Waals surface area (Å²) in [5, 5.41) is 2.95. The summed E-state index contributed by atoms with van der Waals surface area (Å²) in [5.74, 6) is 1.31. The van der Waals surface area contributed by atoms with Crippen LogP contribution < -0.4 is 20.5 Å². The molecule has 1 aromatic carbocycles. The molecule has 1 amide bonds. The largest absolute Gasteiger partial charge is 0.493 e. The van der Waals surface area contributed by atoms with E-state index >= 15 is 0 Å². The molecule has 5 nitrogen and oxygen atoms in total. The van der Waals surface area contributed by atoms with E-state index < -0.39 is 0 Å². The fourth-order valence-corrected chi connectivity index (χ4v) is 2.14. The van der Waals surface area contributed by atoms with Crippen molar-refractivity contribution in [3.8, 4) is 11.5 Å². The van der Waals surface area contributed by atoms with E-state index in [2.05, 4.69) is 12.2 Å². The van der Waals surface area contributed by atoms with Crippen LogP contribution in [0.4, 0.5) is 0 Å². The van der Waals surface area contributed by atoms with E-state index in [1.807, 2.05) is 18.2 Å². The van der Waals surface area contributed by atoms with E-state index in [9.17, 15) is 4.79 Å². The zero-order valence-electron chi connectivity index (χ0n) is 13.7. The number of unbranched alkanes of at least 4 members (excludes halogenated alkanes) is 3. The van der Waals surface area contributed by atoms with Gasteiger partial charge in [-0.15, -0.1) is 0 Å². The lowest BCUT2D eigenvalue weighted by Crippen LogP contribution is -2.26. The Kier molecular flexibility index (Phi) is 9.07. The van der Waals surface area contributed by atoms with Crippen molar-refractivity contribution in [3.63, 3.8) is 0 Å². The average Bonchev–Trinajstić information content (AvgIpc) is 2.53. The first-order valence-corrected chi connectivity index (χ1v) is 7.97. The van der Waals surface area contributed by atoms with Crippen molar-refractivity contribution >= 4 is 5.91 Å². The van der Waals surface area contributed by atoms with Gasteiger partial charge in [-0.3, -0.25) is 4.79 Å². The maximum Gasteiger partial charge on any atom is 0.224 e. The van der Waals surface area contributed by atoms with Gasteiger partial charge in [-0.1, -0.05) is 32.3 Å². The molecule has 0 aliphatic rings. The van der Waals surface area contributed by atoms with Gasteiger partial charge in [-0.2, -0.15) is 0 Å². The number of methoxy groups -OCH3 is 1. The van der Waals surface area contributed by atoms with Crippen LogP contribution in [0.1, 0.15) is 38.2 Å². The normalized spacial score (nSPS) is 10.3. The van der Waals surface area contributed by atoms with Gasteiger partial charge in [0, 0.05) is 13.1 Å². The van der Waals surface area contributed by atoms with Crippen LogP contribution in [0, 0.1) is 0 Å². The summed E-state index contributed by atoms with van der Waals surface area (Å²) in [6.45, 7) is 3.81. The molecule has 3 N–H and O–H groups in total. The Morgan fingerprint density at radius 1 is 1.23 bits per heavy atom. The van der Waals surface area contributed by atoms with Crippen LogP contribution in [0.5, 0.6) is 11.5 Å². The monoisotopic (exact) mass is 308 g/mol. The lowest BCUT2D eigenvalue weighted by atomic mass is 10.1. The lowest BCUT2D eigenvalue weighted by molar-refractivity contribution is -0.120. The number of ether oxygens (including phenoxy) is 2. The number of rotatable bonds is 11. The van der Waals surface area contributed by atoms with Crippen molar-refractivity contribution in [2.45, 2.75) is 39.0 Å². The predicted octanol–water partition coefficient (Wildman–Crippen LogP) is 2.27. The van der Waals surface area contributed by atoms with Gasteiger partial charge < -0.3 is 20.5 Å². The third-order valence-electron chi connectivity index (χ3n) is 3.32. The van der Waals surface area contributed by atoms with Gasteiger partial charge in [-0.25, -0.2) is 0 Å². The van der Waals surface area contributed by atoms with E-state index in [-0.39, 0.29) is 5.91 Å². The molecular formula is C17H28N2O3. The molecule has 1 aromatic rings. The molecule has 0 radical (unpaired) electrons. The molecule has 124 valence electrons. The second kappa shape index (κ2) is 10.9. The van der Waals surface area contributed by atoms with Crippen molar-refractivity contribution in [2.75, 3.05) is 26.8 Å². The lowest BCUT2D eigenvalue weighted by Gasteiger charge is -2.11. The Hall–Kier alpha value is -1.75. The number of carbonyl (C=O) groups excluding carboxylic acids is 1. The zero-order chi connectivity index (χ0) is 16.2. The molecule has 0 saturated carbocycles. The van der Waals surface area contributed by atoms with Crippen LogP contribution in [0.2, 0.25) is 0 Å². The smallest absolute Gasteiger partial charge is 0.224 e. The molecule has 1 rings (SSSR count). The van der Waals surface area contributed by atoms with Gasteiger partial charge in [0.15, 0.2) is 11.5 Å². The van der Waals surface area contributed by atoms with Crippen molar-refractivity contribution in [1.82, 2.24) is 5.32 Å². The standard InChI is InChI=1S/C17H28N2O3/c1-3-4-5-6-10-19-17(20)13-14-7-8-15(22-11-9-18)16(12-14)21-2/h7-8,12H,3-6,9-11,13,18H2,1-2H3,(H,19,20). The summed E-state index contributed by atoms with van der Waals surface area (Å²) in [4.78, 5) is 11.9. The third kappa shape index (κ3) is 6.80. The number of benzene rings is 1. The van der Waals surface area contributed by atoms with E-state index in [0.29, 0.717) is 31.1 Å². The first-order chi connectivity index (χ1) is 10.7. The SMILES string of the molecule is CCCCCCNC(=O)Cc1ccc(OCCN)c(OC)c1. The van der Waals surface area contributed by atoms with Gasteiger partial charge in [0.05, 0.1) is 13.5 Å². The first-order valence-electron chi connectivity index (χ1n) is 7.97. The maximum absolute atomic E-state index is 11.9. The van der Waals surface area contributed by atoms with Gasteiger partial charge >= 0.3 is 0 Å². The molecule has 22 heavy (non-hydrogen) atoms. The number of hydrogen-bond acceptors (Lipinski definition) is 4. The molecule has 0 heterocycles. The molecule has 0 spiro atoms. The summed E-state index contributed by atoms with van der Waals surface area (Å²) in [6, 6.07) is 5.53. The minimum atomic E-state index is 0.0363. The molecule has 0 saturated heterocycles. The minimum Gasteiger partial charge on any atom is -0.493 e. The third-order valence-corrected chi connectivity index (χ3v) is 3.32. The minimum absolute atomic E-state index is 0.0363. The number of nitrogens with one attached hydrogen (secondary N) is 1. The molecule has 5 heteroatoms. The van der Waals surface area contributed by atoms with E-state index in [0.717, 1.165) is 24.9 Å². The van der Waals surface area contributed by atoms with E-state index in [1.54, 1.807) is 7.11 Å². The Morgan fingerprint density at radius 3 is 2.73 bits per heavy atom. The molecule has 0 atom stereocenters. The molecule has 0 aliphatic carbocycles. The Balaban J connectivity index is 2.46. The summed E-state index contributed by atoms with van der Waals surface area (Å²) >= 11 is 0. The van der Waals surface area contributed by atoms with E-state index in [1.165, 1.54) is 12.8 Å². The highest BCUT2D eigenvalue weighted by molar-refractivity contribution is 5.78. The van der Waals surface area contributed by atoms with Crippen molar-refractivity contribution in [2.24, 2.45) is 5.73 Å². The van der Waals surface area contributed by atoms with Crippen LogP contribution in [0.3, 0.4) is 0 Å². The van der Waals surface area contributed by atoms with Crippen molar-refractivity contribution in [1.29, 1.82) is 0 Å². The molecule has 0 aromatic heterocycles. The fourth-order valence-electron chi connectivity index (χ4n) is 2.14. The zero-order valence-corrected chi connectivity index (χ0v) is 13.7. The Labute approximate surface area is 133 Å². The van der Waals surface area contributed by atoms with E-state index in [4.69, 9.17) is 15.2 Å². The molecule has 0 bridgehead atoms. The fraction of sp³-hybridized carbons (Fsp3) is 0.588. The van der Waals surface area contributed by atoms with Gasteiger partial charge in [0.25, 0.3) is 0 Å². The number of carbonyl (C=O) groups is 1. The van der Waals surface area contributed by atoms with Gasteiger partial charge in [0.2, 0.25) is 5.91 Å². The summed E-state index contributed by atoms with van der Waals surface area (Å²) in [5.41, 5.74) is 6.33. The van der Waals surface area contributed by atoms with Crippen LogP contribution in [0.25, 0.3) is 0 Å². The molecule has 0 fully saturated rings. The Morgan fingerprint density at radius 2 is 2.05 bits per heavy atom. The summed E-state index contributed by atoms with van der Waals surface area (Å²) in [7, 11) is 1.59. The highest BCUT2D eigenvalue weighted by atomic mass is 16.5. The second-order valence-corrected chi connectivity index (χ2v) is 5.21. The quantitative estimate of drug-likeness (QED) is 0.615. The van der Waals surface area contributed by atoms with Crippen LogP contribution >= 0.6 is 0 Å².